The number of thiazole rings is 1. The molecular formula is C14H16N2O3S. The molecule has 0 fully saturated rings. The first-order valence-electron chi connectivity index (χ1n) is 6.16. The molecule has 2 aromatic rings. The summed E-state index contributed by atoms with van der Waals surface area (Å²) in [5.41, 5.74) is 7.03. The Kier molecular flexibility index (Phi) is 5.09. The smallest absolute Gasteiger partial charge is 0.357 e. The minimum Gasteiger partial charge on any atom is -0.464 e. The predicted octanol–water partition coefficient (Wildman–Crippen LogP) is 2.27. The number of rotatable bonds is 6. The summed E-state index contributed by atoms with van der Waals surface area (Å²) in [7, 11) is 1.33. The summed E-state index contributed by atoms with van der Waals surface area (Å²) in [6.07, 6.45) is 0.589. The van der Waals surface area contributed by atoms with Gasteiger partial charge in [-0.1, -0.05) is 30.3 Å². The number of methoxy groups -OCH3 is 1. The number of hydrogen-bond donors (Lipinski definition) is 1. The van der Waals surface area contributed by atoms with Gasteiger partial charge in [-0.3, -0.25) is 0 Å². The van der Waals surface area contributed by atoms with Gasteiger partial charge in [0.05, 0.1) is 20.3 Å². The quantitative estimate of drug-likeness (QED) is 0.653. The summed E-state index contributed by atoms with van der Waals surface area (Å²) in [4.78, 5) is 16.3. The van der Waals surface area contributed by atoms with E-state index in [1.54, 1.807) is 0 Å². The Bertz CT molecular complexity index is 569. The molecule has 2 rings (SSSR count). The molecular weight excluding hydrogens is 276 g/mol. The number of aromatic nitrogens is 1. The van der Waals surface area contributed by atoms with Crippen LogP contribution in [0, 0.1) is 0 Å². The van der Waals surface area contributed by atoms with Crippen molar-refractivity contribution in [3.63, 3.8) is 0 Å². The lowest BCUT2D eigenvalue weighted by Crippen LogP contribution is -2.07. The molecule has 0 aliphatic carbocycles. The lowest BCUT2D eigenvalue weighted by Gasteiger charge is -2.04. The average Bonchev–Trinajstić information content (AvgIpc) is 2.85. The zero-order valence-corrected chi connectivity index (χ0v) is 12.0. The lowest BCUT2D eigenvalue weighted by molar-refractivity contribution is 0.0593. The Balaban J connectivity index is 1.86. The third kappa shape index (κ3) is 3.79. The molecule has 0 aliphatic heterocycles. The van der Waals surface area contributed by atoms with Gasteiger partial charge in [0, 0.05) is 11.3 Å². The number of hydrogen-bond acceptors (Lipinski definition) is 6. The van der Waals surface area contributed by atoms with Gasteiger partial charge in [0.2, 0.25) is 0 Å². The van der Waals surface area contributed by atoms with Crippen molar-refractivity contribution in [3.05, 3.63) is 46.5 Å². The molecule has 0 atom stereocenters. The van der Waals surface area contributed by atoms with E-state index in [1.807, 2.05) is 30.3 Å². The fraction of sp³-hybridized carbons (Fsp3) is 0.286. The Morgan fingerprint density at radius 3 is 2.80 bits per heavy atom. The molecule has 1 aromatic carbocycles. The summed E-state index contributed by atoms with van der Waals surface area (Å²) in [5, 5.41) is 0.364. The normalized spacial score (nSPS) is 10.4. The van der Waals surface area contributed by atoms with Gasteiger partial charge < -0.3 is 15.2 Å². The number of ether oxygens (including phenoxy) is 2. The van der Waals surface area contributed by atoms with E-state index in [-0.39, 0.29) is 0 Å². The van der Waals surface area contributed by atoms with Gasteiger partial charge in [-0.05, 0) is 5.56 Å². The van der Waals surface area contributed by atoms with Crippen LogP contribution in [-0.2, 0) is 22.5 Å². The first-order valence-corrected chi connectivity index (χ1v) is 6.97. The molecule has 6 heteroatoms. The maximum absolute atomic E-state index is 11.5. The second-order valence-corrected chi connectivity index (χ2v) is 5.22. The molecule has 0 aliphatic rings. The van der Waals surface area contributed by atoms with Gasteiger partial charge in [-0.25, -0.2) is 9.78 Å². The Labute approximate surface area is 121 Å². The lowest BCUT2D eigenvalue weighted by atomic mass is 10.2. The maximum Gasteiger partial charge on any atom is 0.357 e. The van der Waals surface area contributed by atoms with Gasteiger partial charge in [-0.15, -0.1) is 11.3 Å². The molecule has 0 unspecified atom stereocenters. The van der Waals surface area contributed by atoms with Crippen LogP contribution in [0.1, 0.15) is 20.9 Å². The largest absolute Gasteiger partial charge is 0.464 e. The fourth-order valence-electron chi connectivity index (χ4n) is 1.72. The van der Waals surface area contributed by atoms with E-state index < -0.39 is 5.97 Å². The highest BCUT2D eigenvalue weighted by Crippen LogP contribution is 2.21. The summed E-state index contributed by atoms with van der Waals surface area (Å²) in [6.45, 7) is 1.04. The topological polar surface area (TPSA) is 74.4 Å². The van der Waals surface area contributed by atoms with Crippen LogP contribution in [-0.4, -0.2) is 24.7 Å². The van der Waals surface area contributed by atoms with Crippen LogP contribution in [0.2, 0.25) is 0 Å². The molecule has 0 bridgehead atoms. The minimum absolute atomic E-state index is 0.290. The third-order valence-electron chi connectivity index (χ3n) is 2.68. The SMILES string of the molecule is COC(=O)c1nc(N)sc1CCOCc1ccccc1. The highest BCUT2D eigenvalue weighted by molar-refractivity contribution is 7.15. The van der Waals surface area contributed by atoms with Crippen molar-refractivity contribution in [2.75, 3.05) is 19.5 Å². The van der Waals surface area contributed by atoms with Crippen LogP contribution in [0.3, 0.4) is 0 Å². The molecule has 5 nitrogen and oxygen atoms in total. The average molecular weight is 292 g/mol. The number of benzene rings is 1. The van der Waals surface area contributed by atoms with E-state index >= 15 is 0 Å². The number of nitrogens with zero attached hydrogens (tertiary/aromatic N) is 1. The Morgan fingerprint density at radius 1 is 1.35 bits per heavy atom. The summed E-state index contributed by atoms with van der Waals surface area (Å²) in [5.74, 6) is -0.462. The number of carbonyl (C=O) groups excluding carboxylic acids is 1. The van der Waals surface area contributed by atoms with Gasteiger partial charge in [0.15, 0.2) is 10.8 Å². The zero-order valence-electron chi connectivity index (χ0n) is 11.2. The van der Waals surface area contributed by atoms with Crippen molar-refractivity contribution in [2.45, 2.75) is 13.0 Å². The van der Waals surface area contributed by atoms with Gasteiger partial charge >= 0.3 is 5.97 Å². The van der Waals surface area contributed by atoms with Crippen molar-refractivity contribution >= 4 is 22.4 Å². The molecule has 0 amide bonds. The van der Waals surface area contributed by atoms with Crippen molar-refractivity contribution < 1.29 is 14.3 Å². The van der Waals surface area contributed by atoms with Gasteiger partial charge in [0.25, 0.3) is 0 Å². The first-order chi connectivity index (χ1) is 9.70. The highest BCUT2D eigenvalue weighted by Gasteiger charge is 2.17. The Morgan fingerprint density at radius 2 is 2.10 bits per heavy atom. The van der Waals surface area contributed by atoms with Crippen LogP contribution in [0.4, 0.5) is 5.13 Å². The summed E-state index contributed by atoms with van der Waals surface area (Å²) < 4.78 is 10.3. The number of nitrogens with two attached hydrogens (primary N) is 1. The van der Waals surface area contributed by atoms with Crippen LogP contribution in [0.25, 0.3) is 0 Å². The first kappa shape index (κ1) is 14.5. The molecule has 0 spiro atoms. The molecule has 2 N–H and O–H groups in total. The van der Waals surface area contributed by atoms with Crippen molar-refractivity contribution in [1.29, 1.82) is 0 Å². The standard InChI is InChI=1S/C14H16N2O3S/c1-18-13(17)12-11(20-14(15)16-12)7-8-19-9-10-5-3-2-4-6-10/h2-6H,7-9H2,1H3,(H2,15,16). The maximum atomic E-state index is 11.5. The second-order valence-electron chi connectivity index (χ2n) is 4.10. The number of nitrogen functional groups attached to an aromatic ring is 1. The predicted molar refractivity (Wildman–Crippen MR) is 77.7 cm³/mol. The van der Waals surface area contributed by atoms with Crippen LogP contribution in [0.5, 0.6) is 0 Å². The molecule has 1 heterocycles. The number of anilines is 1. The van der Waals surface area contributed by atoms with E-state index in [1.165, 1.54) is 18.4 Å². The molecule has 1 aromatic heterocycles. The number of carbonyl (C=O) groups is 1. The van der Waals surface area contributed by atoms with Crippen molar-refractivity contribution in [2.24, 2.45) is 0 Å². The molecule has 20 heavy (non-hydrogen) atoms. The molecule has 0 saturated heterocycles. The van der Waals surface area contributed by atoms with E-state index in [2.05, 4.69) is 9.72 Å². The van der Waals surface area contributed by atoms with E-state index in [9.17, 15) is 4.79 Å². The third-order valence-corrected chi connectivity index (χ3v) is 3.62. The second kappa shape index (κ2) is 7.02. The van der Waals surface area contributed by atoms with Crippen LogP contribution in [0.15, 0.2) is 30.3 Å². The van der Waals surface area contributed by atoms with Crippen LogP contribution < -0.4 is 5.73 Å². The minimum atomic E-state index is -0.462. The fourth-order valence-corrected chi connectivity index (χ4v) is 2.53. The van der Waals surface area contributed by atoms with E-state index in [0.717, 1.165) is 10.4 Å². The molecule has 0 saturated carbocycles. The molecule has 106 valence electrons. The monoisotopic (exact) mass is 292 g/mol. The van der Waals surface area contributed by atoms with Crippen molar-refractivity contribution in [1.82, 2.24) is 4.98 Å². The van der Waals surface area contributed by atoms with E-state index in [4.69, 9.17) is 10.5 Å². The number of esters is 1. The Hall–Kier alpha value is -1.92. The van der Waals surface area contributed by atoms with Gasteiger partial charge in [0.1, 0.15) is 0 Å². The summed E-state index contributed by atoms with van der Waals surface area (Å²) >= 11 is 1.29. The molecule has 0 radical (unpaired) electrons. The van der Waals surface area contributed by atoms with Crippen molar-refractivity contribution in [3.8, 4) is 0 Å². The van der Waals surface area contributed by atoms with Gasteiger partial charge in [-0.2, -0.15) is 0 Å². The summed E-state index contributed by atoms with van der Waals surface area (Å²) in [6, 6.07) is 9.91. The zero-order chi connectivity index (χ0) is 14.4. The van der Waals surface area contributed by atoms with Crippen LogP contribution >= 0.6 is 11.3 Å². The highest BCUT2D eigenvalue weighted by atomic mass is 32.1. The van der Waals surface area contributed by atoms with E-state index in [0.29, 0.717) is 30.5 Å².